The van der Waals surface area contributed by atoms with E-state index in [-0.39, 0.29) is 6.61 Å². The van der Waals surface area contributed by atoms with Crippen molar-refractivity contribution in [3.63, 3.8) is 0 Å². The molecule has 116 valence electrons. The molecule has 7 heteroatoms. The molecule has 0 radical (unpaired) electrons. The van der Waals surface area contributed by atoms with E-state index in [4.69, 9.17) is 4.74 Å². The van der Waals surface area contributed by atoms with E-state index in [0.29, 0.717) is 16.1 Å². The number of thiophene rings is 1. The van der Waals surface area contributed by atoms with E-state index in [2.05, 4.69) is 26.0 Å². The van der Waals surface area contributed by atoms with Crippen LogP contribution >= 0.6 is 27.3 Å². The number of amides is 1. The van der Waals surface area contributed by atoms with Gasteiger partial charge in [0.25, 0.3) is 0 Å². The normalized spacial score (nSPS) is 10.1. The molecule has 0 aliphatic carbocycles. The van der Waals surface area contributed by atoms with Gasteiger partial charge in [-0.3, -0.25) is 5.32 Å². The Morgan fingerprint density at radius 1 is 1.27 bits per heavy atom. The van der Waals surface area contributed by atoms with Gasteiger partial charge in [0.15, 0.2) is 0 Å². The Hall–Kier alpha value is -1.86. The van der Waals surface area contributed by atoms with Crippen LogP contribution in [0.2, 0.25) is 0 Å². The molecule has 0 aliphatic rings. The van der Waals surface area contributed by atoms with Crippen molar-refractivity contribution in [3.05, 3.63) is 39.7 Å². The van der Waals surface area contributed by atoms with Crippen LogP contribution in [0.4, 0.5) is 9.80 Å². The van der Waals surface area contributed by atoms with Crippen LogP contribution in [0.3, 0.4) is 0 Å². The first-order chi connectivity index (χ1) is 10.6. The number of benzene rings is 1. The first-order valence-electron chi connectivity index (χ1n) is 6.46. The van der Waals surface area contributed by atoms with Gasteiger partial charge >= 0.3 is 12.1 Å². The molecule has 2 aromatic rings. The number of methoxy groups -OCH3 is 1. The van der Waals surface area contributed by atoms with Gasteiger partial charge in [-0.2, -0.15) is 0 Å². The molecule has 0 fully saturated rings. The fourth-order valence-corrected chi connectivity index (χ4v) is 3.05. The molecule has 0 unspecified atom stereocenters. The highest BCUT2D eigenvalue weighted by molar-refractivity contribution is 9.10. The largest absolute Gasteiger partial charge is 0.462 e. The predicted molar refractivity (Wildman–Crippen MR) is 89.4 cm³/mol. The lowest BCUT2D eigenvalue weighted by atomic mass is 10.0. The molecule has 1 amide bonds. The van der Waals surface area contributed by atoms with Crippen LogP contribution in [0, 0.1) is 0 Å². The number of ether oxygens (including phenoxy) is 2. The maximum atomic E-state index is 12.2. The maximum absolute atomic E-state index is 12.2. The first kappa shape index (κ1) is 16.5. The number of hydrogen-bond acceptors (Lipinski definition) is 5. The molecular weight excluding hydrogens is 370 g/mol. The standard InChI is InChI=1S/C15H14BrNO4S/c1-3-21-14(18)12-11(9-4-6-10(16)7-5-9)8-22-13(12)17-15(19)20-2/h4-8H,3H2,1-2H3,(H,17,19). The Kier molecular flexibility index (Phi) is 5.57. The Labute approximate surface area is 140 Å². The summed E-state index contributed by atoms with van der Waals surface area (Å²) >= 11 is 4.62. The molecule has 1 aromatic carbocycles. The van der Waals surface area contributed by atoms with E-state index in [1.165, 1.54) is 18.4 Å². The first-order valence-corrected chi connectivity index (χ1v) is 8.13. The zero-order valence-corrected chi connectivity index (χ0v) is 14.4. The van der Waals surface area contributed by atoms with Crippen LogP contribution in [0.15, 0.2) is 34.1 Å². The number of carbonyl (C=O) groups excluding carboxylic acids is 2. The molecule has 22 heavy (non-hydrogen) atoms. The van der Waals surface area contributed by atoms with Gasteiger partial charge < -0.3 is 9.47 Å². The van der Waals surface area contributed by atoms with Crippen molar-refractivity contribution in [2.45, 2.75) is 6.92 Å². The number of hydrogen-bond donors (Lipinski definition) is 1. The summed E-state index contributed by atoms with van der Waals surface area (Å²) in [5, 5.41) is 4.76. The average Bonchev–Trinajstić information content (AvgIpc) is 2.91. The van der Waals surface area contributed by atoms with Gasteiger partial charge in [-0.05, 0) is 24.6 Å². The van der Waals surface area contributed by atoms with Crippen LogP contribution in [-0.2, 0) is 9.47 Å². The SMILES string of the molecule is CCOC(=O)c1c(-c2ccc(Br)cc2)csc1NC(=O)OC. The summed E-state index contributed by atoms with van der Waals surface area (Å²) in [6.45, 7) is 1.99. The number of anilines is 1. The van der Waals surface area contributed by atoms with Crippen LogP contribution in [0.5, 0.6) is 0 Å². The van der Waals surface area contributed by atoms with Gasteiger partial charge in [-0.15, -0.1) is 11.3 Å². The van der Waals surface area contributed by atoms with E-state index >= 15 is 0 Å². The minimum absolute atomic E-state index is 0.256. The molecule has 0 saturated heterocycles. The molecule has 1 aromatic heterocycles. The van der Waals surface area contributed by atoms with Crippen LogP contribution in [0.25, 0.3) is 11.1 Å². The van der Waals surface area contributed by atoms with Crippen molar-refractivity contribution in [3.8, 4) is 11.1 Å². The molecule has 0 spiro atoms. The van der Waals surface area contributed by atoms with Gasteiger partial charge in [0.05, 0.1) is 13.7 Å². The highest BCUT2D eigenvalue weighted by Crippen LogP contribution is 2.36. The highest BCUT2D eigenvalue weighted by Gasteiger charge is 2.22. The molecule has 1 heterocycles. The molecule has 0 aliphatic heterocycles. The van der Waals surface area contributed by atoms with Gasteiger partial charge in [-0.25, -0.2) is 9.59 Å². The van der Waals surface area contributed by atoms with Crippen molar-refractivity contribution >= 4 is 44.3 Å². The molecule has 0 atom stereocenters. The Balaban J connectivity index is 2.47. The molecule has 0 saturated carbocycles. The van der Waals surface area contributed by atoms with Crippen molar-refractivity contribution in [1.82, 2.24) is 0 Å². The van der Waals surface area contributed by atoms with Gasteiger partial charge in [-0.1, -0.05) is 28.1 Å². The summed E-state index contributed by atoms with van der Waals surface area (Å²) in [6, 6.07) is 7.54. The van der Waals surface area contributed by atoms with Crippen LogP contribution in [0.1, 0.15) is 17.3 Å². The van der Waals surface area contributed by atoms with Crippen molar-refractivity contribution < 1.29 is 19.1 Å². The van der Waals surface area contributed by atoms with Crippen molar-refractivity contribution in [2.75, 3.05) is 19.0 Å². The highest BCUT2D eigenvalue weighted by atomic mass is 79.9. The van der Waals surface area contributed by atoms with Gasteiger partial charge in [0, 0.05) is 15.4 Å². The third kappa shape index (κ3) is 3.66. The average molecular weight is 384 g/mol. The fraction of sp³-hybridized carbons (Fsp3) is 0.200. The maximum Gasteiger partial charge on any atom is 0.411 e. The van der Waals surface area contributed by atoms with Gasteiger partial charge in [0.2, 0.25) is 0 Å². The lowest BCUT2D eigenvalue weighted by Crippen LogP contribution is -2.14. The molecular formula is C15H14BrNO4S. The van der Waals surface area contributed by atoms with E-state index in [9.17, 15) is 9.59 Å². The van der Waals surface area contributed by atoms with E-state index in [1.54, 1.807) is 12.3 Å². The number of nitrogens with one attached hydrogen (secondary N) is 1. The topological polar surface area (TPSA) is 64.6 Å². The lowest BCUT2D eigenvalue weighted by Gasteiger charge is -2.08. The van der Waals surface area contributed by atoms with Crippen LogP contribution in [-0.4, -0.2) is 25.8 Å². The smallest absolute Gasteiger partial charge is 0.411 e. The zero-order chi connectivity index (χ0) is 16.1. The zero-order valence-electron chi connectivity index (χ0n) is 12.0. The minimum atomic E-state index is -0.630. The van der Waals surface area contributed by atoms with Gasteiger partial charge in [0.1, 0.15) is 10.6 Å². The third-order valence-corrected chi connectivity index (χ3v) is 4.25. The second kappa shape index (κ2) is 7.42. The molecule has 5 nitrogen and oxygen atoms in total. The Morgan fingerprint density at radius 3 is 2.55 bits per heavy atom. The summed E-state index contributed by atoms with van der Waals surface area (Å²) in [6.07, 6.45) is -0.630. The Morgan fingerprint density at radius 2 is 1.95 bits per heavy atom. The quantitative estimate of drug-likeness (QED) is 0.787. The Bertz CT molecular complexity index is 681. The van der Waals surface area contributed by atoms with E-state index in [0.717, 1.165) is 10.0 Å². The fourth-order valence-electron chi connectivity index (χ4n) is 1.84. The van der Waals surface area contributed by atoms with E-state index in [1.807, 2.05) is 24.3 Å². The number of esters is 1. The minimum Gasteiger partial charge on any atom is -0.462 e. The van der Waals surface area contributed by atoms with Crippen LogP contribution < -0.4 is 5.32 Å². The summed E-state index contributed by atoms with van der Waals surface area (Å²) in [7, 11) is 1.27. The second-order valence-corrected chi connectivity index (χ2v) is 5.99. The number of halogens is 1. The van der Waals surface area contributed by atoms with E-state index < -0.39 is 12.1 Å². The number of carbonyl (C=O) groups is 2. The molecule has 0 bridgehead atoms. The predicted octanol–water partition coefficient (Wildman–Crippen LogP) is 4.53. The lowest BCUT2D eigenvalue weighted by molar-refractivity contribution is 0.0529. The summed E-state index contributed by atoms with van der Waals surface area (Å²) in [4.78, 5) is 23.7. The van der Waals surface area contributed by atoms with Crippen molar-refractivity contribution in [2.24, 2.45) is 0 Å². The van der Waals surface area contributed by atoms with Crippen molar-refractivity contribution in [1.29, 1.82) is 0 Å². The summed E-state index contributed by atoms with van der Waals surface area (Å²) in [5.74, 6) is -0.479. The second-order valence-electron chi connectivity index (χ2n) is 4.20. The summed E-state index contributed by atoms with van der Waals surface area (Å²) < 4.78 is 10.6. The summed E-state index contributed by atoms with van der Waals surface area (Å²) in [5.41, 5.74) is 1.90. The molecule has 2 rings (SSSR count). The monoisotopic (exact) mass is 383 g/mol. The number of rotatable bonds is 4. The molecule has 1 N–H and O–H groups in total. The third-order valence-electron chi connectivity index (χ3n) is 2.83.